The van der Waals surface area contributed by atoms with Crippen LogP contribution in [0.25, 0.3) is 0 Å². The van der Waals surface area contributed by atoms with E-state index in [0.717, 1.165) is 22.6 Å². The van der Waals surface area contributed by atoms with Gasteiger partial charge in [-0.1, -0.05) is 36.4 Å². The Balaban J connectivity index is 1.56. The number of rotatable bonds is 4. The van der Waals surface area contributed by atoms with Crippen molar-refractivity contribution in [1.82, 2.24) is 4.90 Å². The quantitative estimate of drug-likeness (QED) is 0.833. The number of hydrogen-bond acceptors (Lipinski definition) is 4. The summed E-state index contributed by atoms with van der Waals surface area (Å²) in [4.78, 5) is 15.4. The lowest BCUT2D eigenvalue weighted by Crippen LogP contribution is -2.48. The fourth-order valence-corrected chi connectivity index (χ4v) is 4.00. The number of ether oxygens (including phenoxy) is 3. The Morgan fingerprint density at radius 1 is 0.963 bits per heavy atom. The number of amides is 1. The van der Waals surface area contributed by atoms with E-state index in [1.807, 2.05) is 48.3 Å². The zero-order valence-electron chi connectivity index (χ0n) is 15.6. The van der Waals surface area contributed by atoms with Crippen LogP contribution < -0.4 is 9.47 Å². The monoisotopic (exact) mass is 367 g/mol. The van der Waals surface area contributed by atoms with Gasteiger partial charge in [0.05, 0.1) is 5.41 Å². The van der Waals surface area contributed by atoms with E-state index in [0.29, 0.717) is 45.8 Å². The predicted octanol–water partition coefficient (Wildman–Crippen LogP) is 3.16. The van der Waals surface area contributed by atoms with Gasteiger partial charge in [-0.05, 0) is 36.1 Å². The van der Waals surface area contributed by atoms with Gasteiger partial charge in [0, 0.05) is 26.8 Å². The van der Waals surface area contributed by atoms with Crippen molar-refractivity contribution in [3.05, 3.63) is 59.7 Å². The van der Waals surface area contributed by atoms with Crippen molar-refractivity contribution in [1.29, 1.82) is 0 Å². The normalized spacial score (nSPS) is 18.0. The van der Waals surface area contributed by atoms with Gasteiger partial charge in [-0.25, -0.2) is 0 Å². The summed E-state index contributed by atoms with van der Waals surface area (Å²) in [7, 11) is 1.87. The lowest BCUT2D eigenvalue weighted by molar-refractivity contribution is -0.140. The molecule has 2 heterocycles. The van der Waals surface area contributed by atoms with Crippen molar-refractivity contribution in [3.63, 3.8) is 0 Å². The van der Waals surface area contributed by atoms with Gasteiger partial charge in [-0.2, -0.15) is 0 Å². The summed E-state index contributed by atoms with van der Waals surface area (Å²) in [6.45, 7) is 2.89. The Morgan fingerprint density at radius 3 is 2.41 bits per heavy atom. The van der Waals surface area contributed by atoms with Crippen LogP contribution in [0.15, 0.2) is 48.5 Å². The number of nitrogens with zero attached hydrogens (tertiary/aromatic N) is 1. The molecule has 0 N–H and O–H groups in total. The maximum Gasteiger partial charge on any atom is 0.233 e. The minimum Gasteiger partial charge on any atom is -0.486 e. The van der Waals surface area contributed by atoms with Crippen LogP contribution in [-0.2, 0) is 21.5 Å². The lowest BCUT2D eigenvalue weighted by atomic mass is 9.73. The van der Waals surface area contributed by atoms with E-state index in [4.69, 9.17) is 14.2 Å². The minimum absolute atomic E-state index is 0.145. The molecule has 0 atom stereocenters. The molecule has 142 valence electrons. The molecule has 0 saturated carbocycles. The van der Waals surface area contributed by atoms with Gasteiger partial charge in [0.1, 0.15) is 13.2 Å². The minimum atomic E-state index is -0.512. The van der Waals surface area contributed by atoms with Gasteiger partial charge in [0.25, 0.3) is 0 Å². The zero-order valence-corrected chi connectivity index (χ0v) is 15.6. The highest BCUT2D eigenvalue weighted by molar-refractivity contribution is 5.88. The van der Waals surface area contributed by atoms with Crippen LogP contribution in [0.2, 0.25) is 0 Å². The molecule has 0 spiro atoms. The fraction of sp³-hybridized carbons (Fsp3) is 0.409. The van der Waals surface area contributed by atoms with E-state index < -0.39 is 5.41 Å². The SMILES string of the molecule is CN(Cc1ccc2c(c1)OCCO2)C(=O)C1(c2ccccc2)CCOCC1. The second-order valence-electron chi connectivity index (χ2n) is 7.20. The van der Waals surface area contributed by atoms with Crippen LogP contribution in [0.1, 0.15) is 24.0 Å². The van der Waals surface area contributed by atoms with Gasteiger partial charge in [-0.3, -0.25) is 4.79 Å². The second-order valence-corrected chi connectivity index (χ2v) is 7.20. The molecule has 0 unspecified atom stereocenters. The first kappa shape index (κ1) is 17.9. The number of hydrogen-bond donors (Lipinski definition) is 0. The highest BCUT2D eigenvalue weighted by Crippen LogP contribution is 2.37. The number of carbonyl (C=O) groups excluding carboxylic acids is 1. The number of benzene rings is 2. The number of likely N-dealkylation sites (N-methyl/N-ethyl adjacent to an activating group) is 1. The summed E-state index contributed by atoms with van der Waals surface area (Å²) in [5.41, 5.74) is 1.60. The molecule has 27 heavy (non-hydrogen) atoms. The third-order valence-corrected chi connectivity index (χ3v) is 5.46. The van der Waals surface area contributed by atoms with E-state index in [1.165, 1.54) is 0 Å². The Hall–Kier alpha value is -2.53. The first-order chi connectivity index (χ1) is 13.2. The molecule has 0 bridgehead atoms. The van der Waals surface area contributed by atoms with Gasteiger partial charge in [-0.15, -0.1) is 0 Å². The highest BCUT2D eigenvalue weighted by atomic mass is 16.6. The van der Waals surface area contributed by atoms with Crippen molar-refractivity contribution < 1.29 is 19.0 Å². The smallest absolute Gasteiger partial charge is 0.233 e. The van der Waals surface area contributed by atoms with E-state index in [2.05, 4.69) is 12.1 Å². The average molecular weight is 367 g/mol. The predicted molar refractivity (Wildman–Crippen MR) is 102 cm³/mol. The van der Waals surface area contributed by atoms with E-state index in [9.17, 15) is 4.79 Å². The van der Waals surface area contributed by atoms with Crippen molar-refractivity contribution in [2.24, 2.45) is 0 Å². The molecule has 0 aromatic heterocycles. The van der Waals surface area contributed by atoms with E-state index in [-0.39, 0.29) is 5.91 Å². The number of carbonyl (C=O) groups is 1. The molecule has 1 amide bonds. The molecule has 0 radical (unpaired) electrons. The molecule has 1 fully saturated rings. The third kappa shape index (κ3) is 3.52. The average Bonchev–Trinajstić information content (AvgIpc) is 2.74. The molecule has 4 rings (SSSR count). The molecule has 2 aromatic carbocycles. The van der Waals surface area contributed by atoms with Gasteiger partial charge >= 0.3 is 0 Å². The van der Waals surface area contributed by atoms with Crippen LogP contribution in [0, 0.1) is 0 Å². The maximum atomic E-state index is 13.5. The standard InChI is InChI=1S/C22H25NO4/c1-23(16-17-7-8-19-20(15-17)27-14-13-26-19)21(24)22(9-11-25-12-10-22)18-5-3-2-4-6-18/h2-8,15H,9-14,16H2,1H3. The summed E-state index contributed by atoms with van der Waals surface area (Å²) in [5.74, 6) is 1.67. The van der Waals surface area contributed by atoms with Gasteiger partial charge in [0.15, 0.2) is 11.5 Å². The fourth-order valence-electron chi connectivity index (χ4n) is 4.00. The van der Waals surface area contributed by atoms with Crippen molar-refractivity contribution >= 4 is 5.91 Å². The largest absolute Gasteiger partial charge is 0.486 e. The second kappa shape index (κ2) is 7.61. The molecule has 2 aliphatic heterocycles. The van der Waals surface area contributed by atoms with E-state index >= 15 is 0 Å². The molecule has 2 aromatic rings. The van der Waals surface area contributed by atoms with Crippen LogP contribution >= 0.6 is 0 Å². The molecular weight excluding hydrogens is 342 g/mol. The van der Waals surface area contributed by atoms with Gasteiger partial charge < -0.3 is 19.1 Å². The first-order valence-electron chi connectivity index (χ1n) is 9.46. The van der Waals surface area contributed by atoms with Crippen LogP contribution in [0.3, 0.4) is 0 Å². The Bertz CT molecular complexity index is 799. The summed E-state index contributed by atoms with van der Waals surface area (Å²) in [6, 6.07) is 16.0. The summed E-state index contributed by atoms with van der Waals surface area (Å²) in [6.07, 6.45) is 1.42. The van der Waals surface area contributed by atoms with Crippen molar-refractivity contribution in [2.45, 2.75) is 24.8 Å². The Kier molecular flexibility index (Phi) is 5.03. The Morgan fingerprint density at radius 2 is 1.67 bits per heavy atom. The maximum absolute atomic E-state index is 13.5. The molecule has 5 nitrogen and oxygen atoms in total. The van der Waals surface area contributed by atoms with Crippen molar-refractivity contribution in [3.8, 4) is 11.5 Å². The van der Waals surface area contributed by atoms with Crippen LogP contribution in [0.5, 0.6) is 11.5 Å². The topological polar surface area (TPSA) is 48.0 Å². The Labute approximate surface area is 159 Å². The van der Waals surface area contributed by atoms with E-state index in [1.54, 1.807) is 0 Å². The van der Waals surface area contributed by atoms with Crippen molar-refractivity contribution in [2.75, 3.05) is 33.5 Å². The van der Waals surface area contributed by atoms with Gasteiger partial charge in [0.2, 0.25) is 5.91 Å². The number of fused-ring (bicyclic) bond motifs is 1. The zero-order chi connectivity index (χ0) is 18.7. The van der Waals surface area contributed by atoms with Crippen LogP contribution in [-0.4, -0.2) is 44.3 Å². The summed E-state index contributed by atoms with van der Waals surface area (Å²) >= 11 is 0. The molecular formula is C22H25NO4. The molecule has 0 aliphatic carbocycles. The molecule has 2 aliphatic rings. The molecule has 1 saturated heterocycles. The summed E-state index contributed by atoms with van der Waals surface area (Å²) < 4.78 is 16.8. The summed E-state index contributed by atoms with van der Waals surface area (Å²) in [5, 5.41) is 0. The first-order valence-corrected chi connectivity index (χ1v) is 9.46. The third-order valence-electron chi connectivity index (χ3n) is 5.46. The van der Waals surface area contributed by atoms with Crippen LogP contribution in [0.4, 0.5) is 0 Å². The molecule has 5 heteroatoms. The lowest BCUT2D eigenvalue weighted by Gasteiger charge is -2.39. The highest BCUT2D eigenvalue weighted by Gasteiger charge is 2.43.